The highest BCUT2D eigenvalue weighted by Gasteiger charge is 2.18. The monoisotopic (exact) mass is 402 g/mol. The van der Waals surface area contributed by atoms with Gasteiger partial charge >= 0.3 is 0 Å². The number of hydrogen-bond donors (Lipinski definition) is 0. The van der Waals surface area contributed by atoms with Crippen LogP contribution in [0.4, 0.5) is 0 Å². The van der Waals surface area contributed by atoms with Crippen molar-refractivity contribution in [2.75, 3.05) is 0 Å². The topological polar surface area (TPSA) is 19.7 Å². The lowest BCUT2D eigenvalue weighted by molar-refractivity contribution is 1.15. The fraction of sp³-hybridized carbons (Fsp3) is 0. The maximum atomic E-state index is 2.30. The Kier molecular flexibility index (Phi) is 4.74. The second-order valence-electron chi connectivity index (χ2n) is 6.35. The van der Waals surface area contributed by atoms with Crippen LogP contribution in [0, 0.1) is 0 Å². The minimum Gasteiger partial charge on any atom is -0.312 e. The van der Waals surface area contributed by atoms with Crippen LogP contribution in [-0.4, -0.2) is 17.4 Å². The Balaban J connectivity index is 1.54. The molecule has 0 spiro atoms. The second kappa shape index (κ2) is 7.67. The van der Waals surface area contributed by atoms with E-state index in [2.05, 4.69) is 140 Å². The van der Waals surface area contributed by atoms with Gasteiger partial charge in [-0.2, -0.15) is 0 Å². The van der Waals surface area contributed by atoms with E-state index >= 15 is 0 Å². The quantitative estimate of drug-likeness (QED) is 0.358. The minimum atomic E-state index is -0.667. The average molecular weight is 402 g/mol. The third kappa shape index (κ3) is 3.26. The molecule has 0 aliphatic heterocycles. The maximum Gasteiger partial charge on any atom is 0.136 e. The van der Waals surface area contributed by atoms with Gasteiger partial charge in [-0.25, -0.2) is 0 Å². The molecule has 0 saturated carbocycles. The molecule has 4 nitrogen and oxygen atoms in total. The maximum absolute atomic E-state index is 2.30. The molecule has 4 aromatic heterocycles. The second-order valence-corrected chi connectivity index (χ2v) is 10.4. The number of benzene rings is 1. The molecule has 4 heterocycles. The van der Waals surface area contributed by atoms with Gasteiger partial charge in [0.25, 0.3) is 0 Å². The zero-order valence-corrected chi connectivity index (χ0v) is 17.0. The standard InChI is InChI=1S/C22H20N4P2/c1-2-14-23(13-1)27(24-15-3-4-16-24)21-9-11-22(12-10-21)28(25-17-5-6-18-25)26-19-7-8-20-26/h1-20H. The minimum absolute atomic E-state index is 0.667. The van der Waals surface area contributed by atoms with Crippen molar-refractivity contribution in [2.45, 2.75) is 0 Å². The van der Waals surface area contributed by atoms with Gasteiger partial charge in [-0.05, 0) is 48.5 Å². The highest BCUT2D eigenvalue weighted by molar-refractivity contribution is 7.63. The van der Waals surface area contributed by atoms with Crippen LogP contribution in [0.25, 0.3) is 0 Å². The van der Waals surface area contributed by atoms with Crippen LogP contribution < -0.4 is 10.6 Å². The van der Waals surface area contributed by atoms with E-state index in [-0.39, 0.29) is 0 Å². The molecule has 0 radical (unpaired) electrons. The first-order chi connectivity index (χ1) is 13.9. The molecular formula is C22H20N4P2. The van der Waals surface area contributed by atoms with E-state index < -0.39 is 16.4 Å². The normalized spacial score (nSPS) is 11.5. The average Bonchev–Trinajstić information content (AvgIpc) is 3.52. The summed E-state index contributed by atoms with van der Waals surface area (Å²) in [4.78, 5) is 0. The van der Waals surface area contributed by atoms with Crippen LogP contribution in [0.1, 0.15) is 0 Å². The first kappa shape index (κ1) is 17.3. The summed E-state index contributed by atoms with van der Waals surface area (Å²) in [5.74, 6) is 0. The van der Waals surface area contributed by atoms with E-state index in [1.165, 1.54) is 10.6 Å². The van der Waals surface area contributed by atoms with Crippen molar-refractivity contribution in [2.24, 2.45) is 0 Å². The molecule has 0 fully saturated rings. The molecule has 0 bridgehead atoms. The van der Waals surface area contributed by atoms with Gasteiger partial charge in [-0.15, -0.1) is 0 Å². The van der Waals surface area contributed by atoms with Gasteiger partial charge in [0.1, 0.15) is 16.4 Å². The first-order valence-electron chi connectivity index (χ1n) is 9.13. The van der Waals surface area contributed by atoms with E-state index in [0.29, 0.717) is 0 Å². The van der Waals surface area contributed by atoms with Crippen LogP contribution >= 0.6 is 16.4 Å². The van der Waals surface area contributed by atoms with Crippen molar-refractivity contribution in [1.82, 2.24) is 17.4 Å². The van der Waals surface area contributed by atoms with E-state index in [1.54, 1.807) is 0 Å². The third-order valence-electron chi connectivity index (χ3n) is 4.54. The summed E-state index contributed by atoms with van der Waals surface area (Å²) in [5, 5.41) is 2.64. The Hall–Kier alpha value is -2.80. The molecule has 0 unspecified atom stereocenters. The van der Waals surface area contributed by atoms with Crippen molar-refractivity contribution in [3.8, 4) is 0 Å². The predicted octanol–water partition coefficient (Wildman–Crippen LogP) is 4.96. The highest BCUT2D eigenvalue weighted by atomic mass is 31.1. The number of nitrogens with zero attached hydrogens (tertiary/aromatic N) is 4. The molecule has 0 amide bonds. The zero-order valence-electron chi connectivity index (χ0n) is 15.2. The first-order valence-corrected chi connectivity index (χ1v) is 11.6. The summed E-state index contributed by atoms with van der Waals surface area (Å²) in [5.41, 5.74) is 0. The smallest absolute Gasteiger partial charge is 0.136 e. The summed E-state index contributed by atoms with van der Waals surface area (Å²) >= 11 is 0. The van der Waals surface area contributed by atoms with Crippen molar-refractivity contribution in [3.05, 3.63) is 122 Å². The molecule has 6 heteroatoms. The van der Waals surface area contributed by atoms with Crippen LogP contribution in [0.2, 0.25) is 0 Å². The summed E-state index contributed by atoms with van der Waals surface area (Å²) in [7, 11) is -1.33. The molecule has 1 aromatic carbocycles. The summed E-state index contributed by atoms with van der Waals surface area (Å²) in [6.07, 6.45) is 17.2. The summed E-state index contributed by atoms with van der Waals surface area (Å²) in [6, 6.07) is 25.8. The molecule has 28 heavy (non-hydrogen) atoms. The van der Waals surface area contributed by atoms with E-state index in [0.717, 1.165) is 0 Å². The highest BCUT2D eigenvalue weighted by Crippen LogP contribution is 2.40. The van der Waals surface area contributed by atoms with Crippen molar-refractivity contribution < 1.29 is 0 Å². The predicted molar refractivity (Wildman–Crippen MR) is 119 cm³/mol. The Morgan fingerprint density at radius 1 is 0.357 bits per heavy atom. The summed E-state index contributed by atoms with van der Waals surface area (Å²) in [6.45, 7) is 0. The molecule has 0 atom stereocenters. The van der Waals surface area contributed by atoms with Gasteiger partial charge in [0.05, 0.1) is 0 Å². The lowest BCUT2D eigenvalue weighted by atomic mass is 10.4. The van der Waals surface area contributed by atoms with E-state index in [9.17, 15) is 0 Å². The van der Waals surface area contributed by atoms with Crippen molar-refractivity contribution in [3.63, 3.8) is 0 Å². The molecule has 0 saturated heterocycles. The number of hydrogen-bond acceptors (Lipinski definition) is 0. The van der Waals surface area contributed by atoms with Crippen LogP contribution in [0.5, 0.6) is 0 Å². The van der Waals surface area contributed by atoms with Gasteiger partial charge in [0.2, 0.25) is 0 Å². The van der Waals surface area contributed by atoms with E-state index in [1.807, 2.05) is 0 Å². The van der Waals surface area contributed by atoms with Crippen molar-refractivity contribution in [1.29, 1.82) is 0 Å². The molecule has 5 aromatic rings. The third-order valence-corrected chi connectivity index (χ3v) is 8.88. The Morgan fingerprint density at radius 2 is 0.571 bits per heavy atom. The van der Waals surface area contributed by atoms with Gasteiger partial charge in [0, 0.05) is 60.2 Å². The molecular weight excluding hydrogens is 382 g/mol. The van der Waals surface area contributed by atoms with Crippen molar-refractivity contribution >= 4 is 27.1 Å². The van der Waals surface area contributed by atoms with Gasteiger partial charge in [-0.1, -0.05) is 24.3 Å². The molecule has 0 aliphatic rings. The molecule has 0 N–H and O–H groups in total. The molecule has 0 aliphatic carbocycles. The largest absolute Gasteiger partial charge is 0.312 e. The van der Waals surface area contributed by atoms with Gasteiger partial charge in [0.15, 0.2) is 0 Å². The van der Waals surface area contributed by atoms with Crippen LogP contribution in [-0.2, 0) is 0 Å². The van der Waals surface area contributed by atoms with Gasteiger partial charge in [-0.3, -0.25) is 0 Å². The molecule has 138 valence electrons. The van der Waals surface area contributed by atoms with Crippen LogP contribution in [0.3, 0.4) is 0 Å². The SMILES string of the molecule is c1ccn(P(c2ccc(P(n3cccc3)n3cccc3)cc2)n2cccc2)c1. The Bertz CT molecular complexity index is 934. The number of aromatic nitrogens is 4. The lowest BCUT2D eigenvalue weighted by Crippen LogP contribution is -2.16. The number of rotatable bonds is 6. The van der Waals surface area contributed by atoms with E-state index in [4.69, 9.17) is 0 Å². The fourth-order valence-corrected chi connectivity index (χ4v) is 7.30. The van der Waals surface area contributed by atoms with Gasteiger partial charge < -0.3 is 17.4 Å². The Morgan fingerprint density at radius 3 is 0.786 bits per heavy atom. The van der Waals surface area contributed by atoms with Crippen LogP contribution in [0.15, 0.2) is 122 Å². The Labute approximate surface area is 167 Å². The summed E-state index contributed by atoms with van der Waals surface area (Å²) < 4.78 is 9.19. The molecule has 5 rings (SSSR count). The zero-order chi connectivity index (χ0) is 18.8. The lowest BCUT2D eigenvalue weighted by Gasteiger charge is -2.23. The fourth-order valence-electron chi connectivity index (χ4n) is 3.30.